The van der Waals surface area contributed by atoms with Crippen molar-refractivity contribution >= 4 is 49.5 Å². The first-order chi connectivity index (χ1) is 24.3. The van der Waals surface area contributed by atoms with Crippen molar-refractivity contribution in [2.75, 3.05) is 4.90 Å². The van der Waals surface area contributed by atoms with Crippen LogP contribution in [-0.4, -0.2) is 4.57 Å². The van der Waals surface area contributed by atoms with Crippen molar-refractivity contribution in [2.45, 2.75) is 0 Å². The smallest absolute Gasteiger partial charge is 0.0655 e. The van der Waals surface area contributed by atoms with Crippen molar-refractivity contribution in [3.05, 3.63) is 194 Å². The summed E-state index contributed by atoms with van der Waals surface area (Å²) in [6.07, 6.45) is 0. The SMILES string of the molecule is c1ccc(-c2ccc(N(c3ccc(-c4ccccc4)cc3)c3ccc(-c4cc5c(s4)c4ccccc4n5-c4ccccc4)cc3)cc2)cc1. The molecule has 2 aromatic heterocycles. The number of thiophene rings is 1. The molecule has 9 aromatic rings. The largest absolute Gasteiger partial charge is 0.311 e. The monoisotopic (exact) mass is 644 g/mol. The van der Waals surface area contributed by atoms with E-state index < -0.39 is 0 Å². The highest BCUT2D eigenvalue weighted by molar-refractivity contribution is 7.23. The number of aromatic nitrogens is 1. The molecule has 0 aliphatic heterocycles. The van der Waals surface area contributed by atoms with E-state index in [9.17, 15) is 0 Å². The van der Waals surface area contributed by atoms with Crippen LogP contribution >= 0.6 is 11.3 Å². The summed E-state index contributed by atoms with van der Waals surface area (Å²) in [6, 6.07) is 69.6. The maximum Gasteiger partial charge on any atom is 0.0655 e. The molecular weight excluding hydrogens is 613 g/mol. The topological polar surface area (TPSA) is 8.17 Å². The van der Waals surface area contributed by atoms with E-state index in [0.717, 1.165) is 17.1 Å². The van der Waals surface area contributed by atoms with Gasteiger partial charge in [0.1, 0.15) is 0 Å². The van der Waals surface area contributed by atoms with E-state index in [1.54, 1.807) is 0 Å². The number of fused-ring (bicyclic) bond motifs is 3. The number of rotatable bonds is 7. The summed E-state index contributed by atoms with van der Waals surface area (Å²) in [5, 5.41) is 1.29. The van der Waals surface area contributed by atoms with Gasteiger partial charge < -0.3 is 9.47 Å². The fourth-order valence-corrected chi connectivity index (χ4v) is 8.00. The summed E-state index contributed by atoms with van der Waals surface area (Å²) in [5.74, 6) is 0. The second-order valence-electron chi connectivity index (χ2n) is 12.2. The molecule has 0 atom stereocenters. The zero-order valence-electron chi connectivity index (χ0n) is 26.8. The molecular formula is C46H32N2S. The van der Waals surface area contributed by atoms with Crippen molar-refractivity contribution in [2.24, 2.45) is 0 Å². The van der Waals surface area contributed by atoms with E-state index in [2.05, 4.69) is 204 Å². The van der Waals surface area contributed by atoms with E-state index in [-0.39, 0.29) is 0 Å². The molecule has 0 bridgehead atoms. The van der Waals surface area contributed by atoms with Crippen LogP contribution in [0.5, 0.6) is 0 Å². The third-order valence-electron chi connectivity index (χ3n) is 9.23. The number of anilines is 3. The van der Waals surface area contributed by atoms with Gasteiger partial charge >= 0.3 is 0 Å². The Hall–Kier alpha value is -6.16. The number of hydrogen-bond acceptors (Lipinski definition) is 2. The lowest BCUT2D eigenvalue weighted by Gasteiger charge is -2.26. The predicted octanol–water partition coefficient (Wildman–Crippen LogP) is 13.3. The lowest BCUT2D eigenvalue weighted by molar-refractivity contribution is 1.18. The van der Waals surface area contributed by atoms with Crippen LogP contribution in [0, 0.1) is 0 Å². The highest BCUT2D eigenvalue weighted by Gasteiger charge is 2.18. The first kappa shape index (κ1) is 29.0. The van der Waals surface area contributed by atoms with Crippen molar-refractivity contribution in [3.63, 3.8) is 0 Å². The maximum absolute atomic E-state index is 2.39. The van der Waals surface area contributed by atoms with Gasteiger partial charge in [0.2, 0.25) is 0 Å². The van der Waals surface area contributed by atoms with Gasteiger partial charge in [-0.15, -0.1) is 11.3 Å². The molecule has 0 aliphatic rings. The van der Waals surface area contributed by atoms with Crippen molar-refractivity contribution < 1.29 is 0 Å². The number of para-hydroxylation sites is 2. The maximum atomic E-state index is 2.39. The summed E-state index contributed by atoms with van der Waals surface area (Å²) >= 11 is 1.87. The van der Waals surface area contributed by atoms with Gasteiger partial charge in [0.05, 0.1) is 15.7 Å². The fraction of sp³-hybridized carbons (Fsp3) is 0. The van der Waals surface area contributed by atoms with Gasteiger partial charge in [-0.05, 0) is 88.5 Å². The molecule has 2 heterocycles. The number of benzene rings is 7. The molecule has 232 valence electrons. The zero-order chi connectivity index (χ0) is 32.6. The third kappa shape index (κ3) is 5.41. The molecule has 2 nitrogen and oxygen atoms in total. The van der Waals surface area contributed by atoms with Gasteiger partial charge in [0.15, 0.2) is 0 Å². The van der Waals surface area contributed by atoms with Crippen molar-refractivity contribution in [1.29, 1.82) is 0 Å². The van der Waals surface area contributed by atoms with E-state index in [1.807, 2.05) is 11.3 Å². The van der Waals surface area contributed by atoms with E-state index in [4.69, 9.17) is 0 Å². The molecule has 0 saturated heterocycles. The molecule has 0 unspecified atom stereocenters. The summed E-state index contributed by atoms with van der Waals surface area (Å²) in [4.78, 5) is 3.60. The van der Waals surface area contributed by atoms with Gasteiger partial charge in [-0.25, -0.2) is 0 Å². The van der Waals surface area contributed by atoms with Crippen molar-refractivity contribution in [1.82, 2.24) is 4.57 Å². The minimum absolute atomic E-state index is 1.11. The molecule has 3 heteroatoms. The van der Waals surface area contributed by atoms with Crippen LogP contribution in [0.4, 0.5) is 17.1 Å². The van der Waals surface area contributed by atoms with Gasteiger partial charge in [-0.1, -0.05) is 133 Å². The molecule has 0 radical (unpaired) electrons. The van der Waals surface area contributed by atoms with Crippen LogP contribution < -0.4 is 4.90 Å². The average Bonchev–Trinajstić information content (AvgIpc) is 3.75. The highest BCUT2D eigenvalue weighted by atomic mass is 32.1. The molecule has 0 aliphatic carbocycles. The average molecular weight is 645 g/mol. The lowest BCUT2D eigenvalue weighted by atomic mass is 10.0. The second-order valence-corrected chi connectivity index (χ2v) is 13.3. The Labute approximate surface area is 290 Å². The van der Waals surface area contributed by atoms with Gasteiger partial charge in [0.25, 0.3) is 0 Å². The molecule has 7 aromatic carbocycles. The highest BCUT2D eigenvalue weighted by Crippen LogP contribution is 2.43. The Balaban J connectivity index is 1.11. The summed E-state index contributed by atoms with van der Waals surface area (Å²) in [6.45, 7) is 0. The van der Waals surface area contributed by atoms with E-state index in [0.29, 0.717) is 0 Å². The zero-order valence-corrected chi connectivity index (χ0v) is 27.6. The van der Waals surface area contributed by atoms with Gasteiger partial charge in [-0.2, -0.15) is 0 Å². The predicted molar refractivity (Wildman–Crippen MR) is 210 cm³/mol. The number of nitrogens with zero attached hydrogens (tertiary/aromatic N) is 2. The van der Waals surface area contributed by atoms with Crippen molar-refractivity contribution in [3.8, 4) is 38.4 Å². The second kappa shape index (κ2) is 12.5. The van der Waals surface area contributed by atoms with Gasteiger partial charge in [-0.3, -0.25) is 0 Å². The number of hydrogen-bond donors (Lipinski definition) is 0. The molecule has 9 rings (SSSR count). The Morgan fingerprint density at radius 3 is 1.33 bits per heavy atom. The quantitative estimate of drug-likeness (QED) is 0.168. The summed E-state index contributed by atoms with van der Waals surface area (Å²) < 4.78 is 3.70. The first-order valence-electron chi connectivity index (χ1n) is 16.6. The first-order valence-corrected chi connectivity index (χ1v) is 17.4. The fourth-order valence-electron chi connectivity index (χ4n) is 6.82. The van der Waals surface area contributed by atoms with Gasteiger partial charge in [0, 0.05) is 33.0 Å². The molecule has 0 saturated carbocycles. The lowest BCUT2D eigenvalue weighted by Crippen LogP contribution is -2.09. The molecule has 0 N–H and O–H groups in total. The normalized spacial score (nSPS) is 11.3. The minimum Gasteiger partial charge on any atom is -0.311 e. The standard InChI is InChI=1S/C46H32N2S/c1-4-12-33(13-5-1)35-20-26-39(27-21-35)47(40-28-22-36(23-29-40)34-14-6-2-7-15-34)41-30-24-37(25-31-41)45-32-44-46(49-45)42-18-10-11-19-43(42)48(44)38-16-8-3-9-17-38/h1-32H. The van der Waals surface area contributed by atoms with Crippen LogP contribution in [0.1, 0.15) is 0 Å². The van der Waals surface area contributed by atoms with Crippen LogP contribution in [0.25, 0.3) is 59.5 Å². The Kier molecular flexibility index (Phi) is 7.38. The Morgan fingerprint density at radius 2 is 0.796 bits per heavy atom. The van der Waals surface area contributed by atoms with Crippen LogP contribution in [0.2, 0.25) is 0 Å². The van der Waals surface area contributed by atoms with E-state index in [1.165, 1.54) is 59.5 Å². The summed E-state index contributed by atoms with van der Waals surface area (Å²) in [7, 11) is 0. The van der Waals surface area contributed by atoms with E-state index >= 15 is 0 Å². The molecule has 0 fully saturated rings. The van der Waals surface area contributed by atoms with Crippen LogP contribution in [0.3, 0.4) is 0 Å². The Morgan fingerprint density at radius 1 is 0.367 bits per heavy atom. The molecule has 0 spiro atoms. The molecule has 49 heavy (non-hydrogen) atoms. The summed E-state index contributed by atoms with van der Waals surface area (Å²) in [5.41, 5.74) is 13.1. The third-order valence-corrected chi connectivity index (χ3v) is 10.4. The molecule has 0 amide bonds. The van der Waals surface area contributed by atoms with Crippen LogP contribution in [0.15, 0.2) is 194 Å². The Bertz CT molecular complexity index is 2410. The van der Waals surface area contributed by atoms with Crippen LogP contribution in [-0.2, 0) is 0 Å². The minimum atomic E-state index is 1.11.